The molecule has 2 heterocycles. The SMILES string of the molecule is CCCCNc1nc(N)nc(C)c1Cc1ccc(C(CCCCN2CCC(N(C)C)CC2)C(=O)O)cc1OC. The van der Waals surface area contributed by atoms with E-state index in [-0.39, 0.29) is 5.95 Å². The molecule has 4 N–H and O–H groups in total. The van der Waals surface area contributed by atoms with Crippen molar-refractivity contribution < 1.29 is 14.6 Å². The van der Waals surface area contributed by atoms with Gasteiger partial charge in [0.05, 0.1) is 13.0 Å². The first kappa shape index (κ1) is 30.6. The number of aromatic nitrogens is 2. The van der Waals surface area contributed by atoms with E-state index in [1.807, 2.05) is 25.1 Å². The van der Waals surface area contributed by atoms with Crippen LogP contribution in [-0.4, -0.2) is 84.3 Å². The van der Waals surface area contributed by atoms with Crippen molar-refractivity contribution >= 4 is 17.7 Å². The molecule has 1 saturated heterocycles. The van der Waals surface area contributed by atoms with Crippen molar-refractivity contribution in [1.82, 2.24) is 19.8 Å². The molecule has 0 spiro atoms. The van der Waals surface area contributed by atoms with Crippen LogP contribution in [-0.2, 0) is 11.2 Å². The minimum atomic E-state index is -0.790. The summed E-state index contributed by atoms with van der Waals surface area (Å²) in [4.78, 5) is 25.9. The molecule has 0 saturated carbocycles. The third-order valence-electron chi connectivity index (χ3n) is 7.94. The van der Waals surface area contributed by atoms with Crippen LogP contribution in [0.25, 0.3) is 0 Å². The number of hydrogen-bond donors (Lipinski definition) is 3. The number of carbonyl (C=O) groups is 1. The minimum Gasteiger partial charge on any atom is -0.496 e. The van der Waals surface area contributed by atoms with Crippen LogP contribution in [0.4, 0.5) is 11.8 Å². The Labute approximate surface area is 234 Å². The first-order valence-corrected chi connectivity index (χ1v) is 14.4. The van der Waals surface area contributed by atoms with Crippen LogP contribution in [0.3, 0.4) is 0 Å². The molecule has 0 amide bonds. The van der Waals surface area contributed by atoms with Crippen LogP contribution in [0.5, 0.6) is 5.75 Å². The van der Waals surface area contributed by atoms with E-state index >= 15 is 0 Å². The van der Waals surface area contributed by atoms with Crippen molar-refractivity contribution in [2.75, 3.05) is 58.4 Å². The number of rotatable bonds is 15. The van der Waals surface area contributed by atoms with E-state index in [1.54, 1.807) is 7.11 Å². The monoisotopic (exact) mass is 540 g/mol. The lowest BCUT2D eigenvalue weighted by Gasteiger charge is -2.35. The van der Waals surface area contributed by atoms with Crippen LogP contribution in [0.15, 0.2) is 18.2 Å². The fourth-order valence-electron chi connectivity index (χ4n) is 5.45. The topological polar surface area (TPSA) is 117 Å². The fraction of sp³-hybridized carbons (Fsp3) is 0.633. The van der Waals surface area contributed by atoms with Gasteiger partial charge in [-0.05, 0) is 90.0 Å². The molecular weight excluding hydrogens is 492 g/mol. The molecule has 3 rings (SSSR count). The molecule has 216 valence electrons. The summed E-state index contributed by atoms with van der Waals surface area (Å²) in [5.41, 5.74) is 9.45. The molecule has 0 radical (unpaired) electrons. The summed E-state index contributed by atoms with van der Waals surface area (Å²) in [5, 5.41) is 13.4. The smallest absolute Gasteiger partial charge is 0.310 e. The van der Waals surface area contributed by atoms with E-state index in [1.165, 1.54) is 12.8 Å². The number of anilines is 2. The molecule has 9 nitrogen and oxygen atoms in total. The average Bonchev–Trinajstić information content (AvgIpc) is 2.90. The van der Waals surface area contributed by atoms with Crippen LogP contribution in [0, 0.1) is 6.92 Å². The number of benzene rings is 1. The van der Waals surface area contributed by atoms with Crippen LogP contribution in [0.1, 0.15) is 80.2 Å². The highest BCUT2D eigenvalue weighted by Gasteiger charge is 2.23. The van der Waals surface area contributed by atoms with Crippen LogP contribution >= 0.6 is 0 Å². The van der Waals surface area contributed by atoms with E-state index in [4.69, 9.17) is 10.5 Å². The number of methoxy groups -OCH3 is 1. The van der Waals surface area contributed by atoms with Gasteiger partial charge in [0, 0.05) is 30.3 Å². The standard InChI is InChI=1S/C30H48N6O3/c1-6-7-15-32-28-26(21(2)33-30(31)34-28)19-23-12-11-22(20-27(23)39-5)25(29(37)38)10-8-9-16-36-17-13-24(14-18-36)35(3)4/h11-12,20,24-25H,6-10,13-19H2,1-5H3,(H,37,38)(H3,31,32,33,34). The maximum absolute atomic E-state index is 12.2. The lowest BCUT2D eigenvalue weighted by Crippen LogP contribution is -2.42. The van der Waals surface area contributed by atoms with Gasteiger partial charge in [0.1, 0.15) is 11.6 Å². The number of carboxylic acids is 1. The van der Waals surface area contributed by atoms with Gasteiger partial charge in [0.25, 0.3) is 0 Å². The van der Waals surface area contributed by atoms with Gasteiger partial charge >= 0.3 is 5.97 Å². The fourth-order valence-corrected chi connectivity index (χ4v) is 5.45. The predicted octanol–water partition coefficient (Wildman–Crippen LogP) is 4.54. The van der Waals surface area contributed by atoms with Crippen molar-refractivity contribution in [1.29, 1.82) is 0 Å². The zero-order chi connectivity index (χ0) is 28.4. The zero-order valence-corrected chi connectivity index (χ0v) is 24.5. The number of aliphatic carboxylic acids is 1. The second-order valence-corrected chi connectivity index (χ2v) is 10.9. The molecule has 2 aromatic rings. The molecule has 1 aromatic heterocycles. The second-order valence-electron chi connectivity index (χ2n) is 10.9. The van der Waals surface area contributed by atoms with Gasteiger partial charge < -0.3 is 30.7 Å². The minimum absolute atomic E-state index is 0.250. The summed E-state index contributed by atoms with van der Waals surface area (Å²) < 4.78 is 5.73. The Balaban J connectivity index is 1.65. The number of nitrogens with two attached hydrogens (primary N) is 1. The van der Waals surface area contributed by atoms with Crippen molar-refractivity contribution in [3.63, 3.8) is 0 Å². The van der Waals surface area contributed by atoms with Gasteiger partial charge in [-0.25, -0.2) is 4.98 Å². The number of carboxylic acid groups (broad SMARTS) is 1. The lowest BCUT2D eigenvalue weighted by molar-refractivity contribution is -0.139. The maximum atomic E-state index is 12.2. The van der Waals surface area contributed by atoms with Gasteiger partial charge in [0.2, 0.25) is 5.95 Å². The number of ether oxygens (including phenoxy) is 1. The Hall–Kier alpha value is -2.91. The van der Waals surface area contributed by atoms with Crippen molar-refractivity contribution in [3.8, 4) is 5.75 Å². The molecular formula is C30H48N6O3. The Morgan fingerprint density at radius 1 is 1.23 bits per heavy atom. The molecule has 1 aromatic carbocycles. The van der Waals surface area contributed by atoms with Gasteiger partial charge in [-0.3, -0.25) is 4.79 Å². The van der Waals surface area contributed by atoms with Gasteiger partial charge in [-0.15, -0.1) is 0 Å². The van der Waals surface area contributed by atoms with Crippen molar-refractivity contribution in [3.05, 3.63) is 40.6 Å². The van der Waals surface area contributed by atoms with Crippen molar-refractivity contribution in [2.45, 2.75) is 77.2 Å². The normalized spacial score (nSPS) is 15.4. The highest BCUT2D eigenvalue weighted by molar-refractivity contribution is 5.76. The number of likely N-dealkylation sites (tertiary alicyclic amines) is 1. The number of nitrogens with zero attached hydrogens (tertiary/aromatic N) is 4. The molecule has 1 aliphatic rings. The van der Waals surface area contributed by atoms with Crippen molar-refractivity contribution in [2.24, 2.45) is 0 Å². The summed E-state index contributed by atoms with van der Waals surface area (Å²) in [6, 6.07) is 6.47. The Morgan fingerprint density at radius 3 is 2.62 bits per heavy atom. The number of nitrogens with one attached hydrogen (secondary N) is 1. The average molecular weight is 541 g/mol. The summed E-state index contributed by atoms with van der Waals surface area (Å²) in [6.45, 7) is 8.17. The van der Waals surface area contributed by atoms with Gasteiger partial charge in [-0.2, -0.15) is 4.98 Å². The summed E-state index contributed by atoms with van der Waals surface area (Å²) in [5.74, 6) is 0.328. The van der Waals surface area contributed by atoms with E-state index < -0.39 is 11.9 Å². The molecule has 1 atom stereocenters. The number of nitrogen functional groups attached to an aromatic ring is 1. The maximum Gasteiger partial charge on any atom is 0.310 e. The third kappa shape index (κ3) is 8.80. The number of piperidine rings is 1. The first-order valence-electron chi connectivity index (χ1n) is 14.4. The number of unbranched alkanes of at least 4 members (excludes halogenated alkanes) is 2. The summed E-state index contributed by atoms with van der Waals surface area (Å²) in [6.07, 6.45) is 7.58. The second kappa shape index (κ2) is 15.0. The molecule has 1 fully saturated rings. The third-order valence-corrected chi connectivity index (χ3v) is 7.94. The van der Waals surface area contributed by atoms with E-state index in [9.17, 15) is 9.90 Å². The largest absolute Gasteiger partial charge is 0.496 e. The highest BCUT2D eigenvalue weighted by atomic mass is 16.5. The molecule has 39 heavy (non-hydrogen) atoms. The van der Waals surface area contributed by atoms with E-state index in [0.29, 0.717) is 24.6 Å². The molecule has 1 unspecified atom stereocenters. The summed E-state index contributed by atoms with van der Waals surface area (Å²) in [7, 11) is 5.94. The summed E-state index contributed by atoms with van der Waals surface area (Å²) >= 11 is 0. The molecule has 0 bridgehead atoms. The van der Waals surface area contributed by atoms with E-state index in [2.05, 4.69) is 46.1 Å². The zero-order valence-electron chi connectivity index (χ0n) is 24.5. The van der Waals surface area contributed by atoms with Crippen LogP contribution in [0.2, 0.25) is 0 Å². The Morgan fingerprint density at radius 2 is 1.97 bits per heavy atom. The van der Waals surface area contributed by atoms with Crippen LogP contribution < -0.4 is 15.8 Å². The molecule has 0 aliphatic carbocycles. The molecule has 9 heteroatoms. The van der Waals surface area contributed by atoms with Gasteiger partial charge in [-0.1, -0.05) is 31.9 Å². The first-order chi connectivity index (χ1) is 18.7. The quantitative estimate of drug-likeness (QED) is 0.280. The Bertz CT molecular complexity index is 1070. The number of aryl methyl sites for hydroxylation is 1. The lowest BCUT2D eigenvalue weighted by atomic mass is 9.91. The number of hydrogen-bond acceptors (Lipinski definition) is 8. The highest BCUT2D eigenvalue weighted by Crippen LogP contribution is 2.32. The predicted molar refractivity (Wildman–Crippen MR) is 158 cm³/mol. The van der Waals surface area contributed by atoms with E-state index in [0.717, 1.165) is 80.1 Å². The van der Waals surface area contributed by atoms with Gasteiger partial charge in [0.15, 0.2) is 0 Å². The molecule has 1 aliphatic heterocycles. The Kier molecular flexibility index (Phi) is 11.8.